The lowest BCUT2D eigenvalue weighted by atomic mass is 9.46. The second kappa shape index (κ2) is 6.43. The third-order valence-corrected chi connectivity index (χ3v) is 9.48. The molecule has 3 heteroatoms. The van der Waals surface area contributed by atoms with Crippen LogP contribution in [0.25, 0.3) is 0 Å². The van der Waals surface area contributed by atoms with Crippen molar-refractivity contribution in [3.63, 3.8) is 0 Å². The largest absolute Gasteiger partial charge is 0.393 e. The number of rotatable bonds is 1. The van der Waals surface area contributed by atoms with Crippen LogP contribution in [0.4, 0.5) is 0 Å². The second-order valence-electron chi connectivity index (χ2n) is 10.7. The van der Waals surface area contributed by atoms with E-state index in [0.717, 1.165) is 32.2 Å². The van der Waals surface area contributed by atoms with Gasteiger partial charge in [-0.25, -0.2) is 0 Å². The molecule has 4 aliphatic carbocycles. The van der Waals surface area contributed by atoms with E-state index >= 15 is 0 Å². The van der Waals surface area contributed by atoms with Crippen LogP contribution in [0.2, 0.25) is 0 Å². The summed E-state index contributed by atoms with van der Waals surface area (Å²) in [5.41, 5.74) is 3.53. The molecule has 0 bridgehead atoms. The fraction of sp³-hybridized carbons (Fsp3) is 0.833. The fourth-order valence-electron chi connectivity index (χ4n) is 7.99. The Hall–Kier alpha value is -0.640. The number of nitrogens with one attached hydrogen (secondary N) is 1. The van der Waals surface area contributed by atoms with Crippen molar-refractivity contribution >= 4 is 0 Å². The first kappa shape index (κ1) is 18.4. The van der Waals surface area contributed by atoms with Crippen LogP contribution < -0.4 is 5.32 Å². The molecule has 0 aromatic heterocycles. The summed E-state index contributed by atoms with van der Waals surface area (Å²) < 4.78 is 0. The molecule has 3 nitrogen and oxygen atoms in total. The minimum atomic E-state index is -0.328. The monoisotopic (exact) mass is 371 g/mol. The van der Waals surface area contributed by atoms with Crippen molar-refractivity contribution in [2.45, 2.75) is 77.4 Å². The van der Waals surface area contributed by atoms with Crippen molar-refractivity contribution in [3.8, 4) is 0 Å². The number of piperidine rings is 1. The molecule has 8 atom stereocenters. The van der Waals surface area contributed by atoms with Crippen molar-refractivity contribution in [2.75, 3.05) is 13.1 Å². The van der Waals surface area contributed by atoms with Gasteiger partial charge in [0, 0.05) is 6.54 Å². The molecule has 0 aromatic carbocycles. The predicted octanol–water partition coefficient (Wildman–Crippen LogP) is 3.82. The Balaban J connectivity index is 1.46. The molecular weight excluding hydrogens is 334 g/mol. The van der Waals surface area contributed by atoms with Gasteiger partial charge in [-0.15, -0.1) is 0 Å². The highest BCUT2D eigenvalue weighted by atomic mass is 16.3. The summed E-state index contributed by atoms with van der Waals surface area (Å²) in [6.45, 7) is 7.26. The van der Waals surface area contributed by atoms with Gasteiger partial charge in [0.05, 0.1) is 12.2 Å². The van der Waals surface area contributed by atoms with Crippen LogP contribution in [-0.2, 0) is 0 Å². The average molecular weight is 372 g/mol. The van der Waals surface area contributed by atoms with Crippen LogP contribution in [0.1, 0.15) is 65.2 Å². The Labute approximate surface area is 164 Å². The maximum absolute atomic E-state index is 11.2. The fourth-order valence-corrected chi connectivity index (χ4v) is 7.99. The molecule has 1 aliphatic heterocycles. The number of allylic oxidation sites excluding steroid dienone is 1. The molecule has 3 N–H and O–H groups in total. The van der Waals surface area contributed by atoms with E-state index in [0.29, 0.717) is 23.7 Å². The number of fused-ring (bicyclic) bond motifs is 5. The minimum Gasteiger partial charge on any atom is -0.393 e. The zero-order valence-corrected chi connectivity index (χ0v) is 17.1. The van der Waals surface area contributed by atoms with Crippen molar-refractivity contribution in [2.24, 2.45) is 34.5 Å². The summed E-state index contributed by atoms with van der Waals surface area (Å²) in [6, 6.07) is 0. The SMILES string of the molecule is C[C@]12CC[C@@H](O)CC1=C[C@@H](O)[C@@H]1[C@@H]2CC[C@]2(C)C(C3CCCNC3)=CC[C@@H]12. The molecular formula is C24H37NO2. The molecule has 0 radical (unpaired) electrons. The lowest BCUT2D eigenvalue weighted by Gasteiger charge is -2.59. The summed E-state index contributed by atoms with van der Waals surface area (Å²) in [6.07, 6.45) is 13.3. The predicted molar refractivity (Wildman–Crippen MR) is 108 cm³/mol. The van der Waals surface area contributed by atoms with Gasteiger partial charge in [0.2, 0.25) is 0 Å². The van der Waals surface area contributed by atoms with Gasteiger partial charge in [-0.3, -0.25) is 0 Å². The van der Waals surface area contributed by atoms with Gasteiger partial charge in [-0.1, -0.05) is 37.1 Å². The molecule has 0 spiro atoms. The lowest BCUT2D eigenvalue weighted by Crippen LogP contribution is -2.54. The highest BCUT2D eigenvalue weighted by Gasteiger charge is 2.59. The minimum absolute atomic E-state index is 0.194. The maximum atomic E-state index is 11.2. The standard InChI is InChI=1S/C24H37NO2/c1-23-9-7-17(26)12-16(23)13-21(27)22-19-6-5-18(15-4-3-11-25-14-15)24(19,2)10-8-20(22)23/h5,13,15,17,19-22,25-27H,3-4,6-12,14H2,1-2H3/t15?,17-,19+,20+,21-,22+,23+,24-/m1/s1. The van der Waals surface area contributed by atoms with Crippen LogP contribution in [0.5, 0.6) is 0 Å². The van der Waals surface area contributed by atoms with E-state index in [1.54, 1.807) is 5.57 Å². The molecule has 27 heavy (non-hydrogen) atoms. The van der Waals surface area contributed by atoms with Crippen LogP contribution >= 0.6 is 0 Å². The van der Waals surface area contributed by atoms with Crippen molar-refractivity contribution in [1.29, 1.82) is 0 Å². The zero-order valence-electron chi connectivity index (χ0n) is 17.1. The van der Waals surface area contributed by atoms with E-state index < -0.39 is 0 Å². The first-order valence-corrected chi connectivity index (χ1v) is 11.4. The van der Waals surface area contributed by atoms with Gasteiger partial charge in [0.25, 0.3) is 0 Å². The van der Waals surface area contributed by atoms with Crippen molar-refractivity contribution < 1.29 is 10.2 Å². The molecule has 0 aromatic rings. The van der Waals surface area contributed by atoms with E-state index in [1.807, 2.05) is 0 Å². The highest BCUT2D eigenvalue weighted by molar-refractivity contribution is 5.33. The number of hydrogen-bond donors (Lipinski definition) is 3. The van der Waals surface area contributed by atoms with E-state index in [1.165, 1.54) is 37.8 Å². The summed E-state index contributed by atoms with van der Waals surface area (Å²) >= 11 is 0. The third kappa shape index (κ3) is 2.64. The van der Waals surface area contributed by atoms with Crippen LogP contribution in [0, 0.1) is 34.5 Å². The summed E-state index contributed by atoms with van der Waals surface area (Å²) in [7, 11) is 0. The average Bonchev–Trinajstić information content (AvgIpc) is 3.01. The van der Waals surface area contributed by atoms with Crippen LogP contribution in [-0.4, -0.2) is 35.5 Å². The Morgan fingerprint density at radius 1 is 1.04 bits per heavy atom. The summed E-state index contributed by atoms with van der Waals surface area (Å²) in [5.74, 6) is 2.26. The smallest absolute Gasteiger partial charge is 0.0757 e. The Bertz CT molecular complexity index is 663. The van der Waals surface area contributed by atoms with Gasteiger partial charge in [0.1, 0.15) is 0 Å². The maximum Gasteiger partial charge on any atom is 0.0757 e. The van der Waals surface area contributed by atoms with E-state index in [-0.39, 0.29) is 23.0 Å². The second-order valence-corrected chi connectivity index (χ2v) is 10.7. The molecule has 1 heterocycles. The van der Waals surface area contributed by atoms with Gasteiger partial charge in [0.15, 0.2) is 0 Å². The van der Waals surface area contributed by atoms with Gasteiger partial charge in [-0.05, 0) is 92.4 Å². The zero-order chi connectivity index (χ0) is 18.8. The number of aliphatic hydroxyl groups is 2. The van der Waals surface area contributed by atoms with Crippen molar-refractivity contribution in [3.05, 3.63) is 23.3 Å². The molecule has 1 unspecified atom stereocenters. The summed E-state index contributed by atoms with van der Waals surface area (Å²) in [4.78, 5) is 0. The first-order chi connectivity index (χ1) is 12.9. The Kier molecular flexibility index (Phi) is 4.38. The van der Waals surface area contributed by atoms with Crippen LogP contribution in [0.3, 0.4) is 0 Å². The third-order valence-electron chi connectivity index (χ3n) is 9.48. The highest BCUT2D eigenvalue weighted by Crippen LogP contribution is 2.65. The topological polar surface area (TPSA) is 52.5 Å². The van der Waals surface area contributed by atoms with Gasteiger partial charge in [-0.2, -0.15) is 0 Å². The molecule has 5 aliphatic rings. The number of aliphatic hydroxyl groups excluding tert-OH is 2. The molecule has 2 saturated carbocycles. The van der Waals surface area contributed by atoms with E-state index in [4.69, 9.17) is 0 Å². The Morgan fingerprint density at radius 3 is 2.63 bits per heavy atom. The first-order valence-electron chi connectivity index (χ1n) is 11.4. The molecule has 5 rings (SSSR count). The van der Waals surface area contributed by atoms with Crippen molar-refractivity contribution in [1.82, 2.24) is 5.32 Å². The molecule has 0 amide bonds. The van der Waals surface area contributed by atoms with Gasteiger partial charge >= 0.3 is 0 Å². The summed E-state index contributed by atoms with van der Waals surface area (Å²) in [5, 5.41) is 25.0. The number of hydrogen-bond acceptors (Lipinski definition) is 3. The van der Waals surface area contributed by atoms with Crippen LogP contribution in [0.15, 0.2) is 23.3 Å². The van der Waals surface area contributed by atoms with Gasteiger partial charge < -0.3 is 15.5 Å². The Morgan fingerprint density at radius 2 is 1.85 bits per heavy atom. The quantitative estimate of drug-likeness (QED) is 0.614. The molecule has 1 saturated heterocycles. The lowest BCUT2D eigenvalue weighted by molar-refractivity contribution is -0.0792. The molecule has 3 fully saturated rings. The van der Waals surface area contributed by atoms with E-state index in [2.05, 4.69) is 31.3 Å². The normalized spacial score (nSPS) is 52.3. The molecule has 150 valence electrons. The van der Waals surface area contributed by atoms with E-state index in [9.17, 15) is 10.2 Å².